The maximum Gasteiger partial charge on any atom is 0.275 e. The van der Waals surface area contributed by atoms with Crippen LogP contribution in [-0.2, 0) is 4.79 Å². The fraction of sp³-hybridized carbons (Fsp3) is 0.211. The van der Waals surface area contributed by atoms with Crippen LogP contribution >= 0.6 is 22.7 Å². The SMILES string of the molecule is CC(C)CC(=O)Nc1ccc(NC(=O)c2csc(-c3ccsc3)n2)cc1. The van der Waals surface area contributed by atoms with Crippen molar-refractivity contribution in [1.29, 1.82) is 0 Å². The molecule has 134 valence electrons. The lowest BCUT2D eigenvalue weighted by molar-refractivity contribution is -0.116. The van der Waals surface area contributed by atoms with E-state index < -0.39 is 0 Å². The highest BCUT2D eigenvalue weighted by molar-refractivity contribution is 7.14. The molecule has 2 aromatic heterocycles. The number of carbonyl (C=O) groups is 2. The van der Waals surface area contributed by atoms with Crippen molar-refractivity contribution in [2.24, 2.45) is 5.92 Å². The smallest absolute Gasteiger partial charge is 0.275 e. The highest BCUT2D eigenvalue weighted by Gasteiger charge is 2.12. The molecule has 0 spiro atoms. The second kappa shape index (κ2) is 8.25. The van der Waals surface area contributed by atoms with Crippen LogP contribution in [-0.4, -0.2) is 16.8 Å². The van der Waals surface area contributed by atoms with Crippen molar-refractivity contribution in [1.82, 2.24) is 4.98 Å². The monoisotopic (exact) mass is 385 g/mol. The zero-order valence-electron chi connectivity index (χ0n) is 14.5. The second-order valence-electron chi connectivity index (χ2n) is 6.23. The fourth-order valence-corrected chi connectivity index (χ4v) is 3.82. The highest BCUT2D eigenvalue weighted by Crippen LogP contribution is 2.26. The van der Waals surface area contributed by atoms with E-state index in [1.807, 2.05) is 30.7 Å². The van der Waals surface area contributed by atoms with Crippen LogP contribution in [0.15, 0.2) is 46.5 Å². The summed E-state index contributed by atoms with van der Waals surface area (Å²) in [5.74, 6) is 0.0465. The van der Waals surface area contributed by atoms with Crippen LogP contribution in [0.2, 0.25) is 0 Å². The lowest BCUT2D eigenvalue weighted by atomic mass is 10.1. The van der Waals surface area contributed by atoms with Gasteiger partial charge in [-0.3, -0.25) is 9.59 Å². The molecule has 5 nitrogen and oxygen atoms in total. The van der Waals surface area contributed by atoms with Crippen molar-refractivity contribution in [3.63, 3.8) is 0 Å². The number of nitrogens with zero attached hydrogens (tertiary/aromatic N) is 1. The van der Waals surface area contributed by atoms with Crippen LogP contribution in [0.1, 0.15) is 30.8 Å². The molecule has 3 rings (SSSR count). The third-order valence-electron chi connectivity index (χ3n) is 3.53. The van der Waals surface area contributed by atoms with Gasteiger partial charge in [0.05, 0.1) is 0 Å². The Kier molecular flexibility index (Phi) is 5.80. The van der Waals surface area contributed by atoms with Crippen LogP contribution in [0, 0.1) is 5.92 Å². The Morgan fingerprint density at radius 2 is 1.73 bits per heavy atom. The third kappa shape index (κ3) is 4.77. The van der Waals surface area contributed by atoms with E-state index in [0.29, 0.717) is 29.4 Å². The summed E-state index contributed by atoms with van der Waals surface area (Å²) in [6.07, 6.45) is 0.481. The summed E-state index contributed by atoms with van der Waals surface area (Å²) in [5.41, 5.74) is 2.79. The Morgan fingerprint density at radius 1 is 1.04 bits per heavy atom. The molecule has 0 fully saturated rings. The second-order valence-corrected chi connectivity index (χ2v) is 7.87. The summed E-state index contributed by atoms with van der Waals surface area (Å²) < 4.78 is 0. The van der Waals surface area contributed by atoms with Crippen molar-refractivity contribution in [3.05, 3.63) is 52.2 Å². The third-order valence-corrected chi connectivity index (χ3v) is 5.10. The quantitative estimate of drug-likeness (QED) is 0.619. The normalized spacial score (nSPS) is 10.7. The van der Waals surface area contributed by atoms with Crippen LogP contribution in [0.3, 0.4) is 0 Å². The van der Waals surface area contributed by atoms with Crippen LogP contribution < -0.4 is 10.6 Å². The van der Waals surface area contributed by atoms with E-state index in [-0.39, 0.29) is 11.8 Å². The number of amides is 2. The fourth-order valence-electron chi connectivity index (χ4n) is 2.31. The lowest BCUT2D eigenvalue weighted by Gasteiger charge is -2.08. The Labute approximate surface area is 160 Å². The maximum atomic E-state index is 12.3. The number of hydrogen-bond donors (Lipinski definition) is 2. The van der Waals surface area contributed by atoms with Gasteiger partial charge in [0.1, 0.15) is 10.7 Å². The average molecular weight is 386 g/mol. The highest BCUT2D eigenvalue weighted by atomic mass is 32.1. The van der Waals surface area contributed by atoms with Crippen LogP contribution in [0.25, 0.3) is 10.6 Å². The predicted octanol–water partition coefficient (Wildman–Crippen LogP) is 5.11. The average Bonchev–Trinajstić information content (AvgIpc) is 3.27. The van der Waals surface area contributed by atoms with E-state index in [1.54, 1.807) is 41.0 Å². The maximum absolute atomic E-state index is 12.3. The summed E-state index contributed by atoms with van der Waals surface area (Å²) in [7, 11) is 0. The van der Waals surface area contributed by atoms with Gasteiger partial charge in [0.2, 0.25) is 5.91 Å². The number of aromatic nitrogens is 1. The molecule has 26 heavy (non-hydrogen) atoms. The van der Waals surface area contributed by atoms with Gasteiger partial charge in [0.15, 0.2) is 0 Å². The number of hydrogen-bond acceptors (Lipinski definition) is 5. The Hall–Kier alpha value is -2.51. The number of nitrogens with one attached hydrogen (secondary N) is 2. The van der Waals surface area contributed by atoms with Gasteiger partial charge in [-0.15, -0.1) is 11.3 Å². The number of carbonyl (C=O) groups excluding carboxylic acids is 2. The Morgan fingerprint density at radius 3 is 2.35 bits per heavy atom. The van der Waals surface area contributed by atoms with Crippen molar-refractivity contribution in [2.45, 2.75) is 20.3 Å². The minimum absolute atomic E-state index is 0.0137. The summed E-state index contributed by atoms with van der Waals surface area (Å²) in [6.45, 7) is 4.00. The number of thiazole rings is 1. The molecule has 0 aliphatic carbocycles. The Balaban J connectivity index is 1.60. The van der Waals surface area contributed by atoms with E-state index in [1.165, 1.54) is 11.3 Å². The first-order valence-electron chi connectivity index (χ1n) is 8.20. The van der Waals surface area contributed by atoms with E-state index in [0.717, 1.165) is 10.6 Å². The molecule has 3 aromatic rings. The lowest BCUT2D eigenvalue weighted by Crippen LogP contribution is -2.14. The van der Waals surface area contributed by atoms with Gasteiger partial charge in [-0.2, -0.15) is 11.3 Å². The molecule has 0 aliphatic rings. The molecule has 0 bridgehead atoms. The van der Waals surface area contributed by atoms with Gasteiger partial charge in [0, 0.05) is 34.1 Å². The first-order chi connectivity index (χ1) is 12.5. The number of rotatable bonds is 6. The van der Waals surface area contributed by atoms with Gasteiger partial charge in [-0.05, 0) is 41.6 Å². The van der Waals surface area contributed by atoms with E-state index in [9.17, 15) is 9.59 Å². The molecule has 0 radical (unpaired) electrons. The molecule has 7 heteroatoms. The van der Waals surface area contributed by atoms with Crippen molar-refractivity contribution >= 4 is 45.9 Å². The summed E-state index contributed by atoms with van der Waals surface area (Å²) in [6, 6.07) is 9.04. The van der Waals surface area contributed by atoms with Gasteiger partial charge < -0.3 is 10.6 Å². The van der Waals surface area contributed by atoms with Crippen LogP contribution in [0.5, 0.6) is 0 Å². The largest absolute Gasteiger partial charge is 0.326 e. The molecule has 0 atom stereocenters. The van der Waals surface area contributed by atoms with Crippen LogP contribution in [0.4, 0.5) is 11.4 Å². The molecular weight excluding hydrogens is 366 g/mol. The molecule has 2 amide bonds. The molecule has 0 saturated carbocycles. The number of benzene rings is 1. The Bertz CT molecular complexity index is 884. The zero-order chi connectivity index (χ0) is 18.5. The molecule has 2 N–H and O–H groups in total. The number of thiophene rings is 1. The number of anilines is 2. The zero-order valence-corrected chi connectivity index (χ0v) is 16.1. The molecule has 2 heterocycles. The van der Waals surface area contributed by atoms with Crippen molar-refractivity contribution in [2.75, 3.05) is 10.6 Å². The molecule has 0 saturated heterocycles. The standard InChI is InChI=1S/C19H19N3O2S2/c1-12(2)9-17(23)20-14-3-5-15(6-4-14)21-18(24)16-11-26-19(22-16)13-7-8-25-10-13/h3-8,10-12H,9H2,1-2H3,(H,20,23)(H,21,24). The molecule has 0 unspecified atom stereocenters. The van der Waals surface area contributed by atoms with Crippen molar-refractivity contribution < 1.29 is 9.59 Å². The minimum Gasteiger partial charge on any atom is -0.326 e. The van der Waals surface area contributed by atoms with E-state index in [2.05, 4.69) is 15.6 Å². The molecular formula is C19H19N3O2S2. The topological polar surface area (TPSA) is 71.1 Å². The van der Waals surface area contributed by atoms with Gasteiger partial charge in [-0.25, -0.2) is 4.98 Å². The predicted molar refractivity (Wildman–Crippen MR) is 108 cm³/mol. The first kappa shape index (κ1) is 18.3. The van der Waals surface area contributed by atoms with Gasteiger partial charge in [-0.1, -0.05) is 13.8 Å². The summed E-state index contributed by atoms with van der Waals surface area (Å²) in [4.78, 5) is 28.5. The molecule has 0 aliphatic heterocycles. The van der Waals surface area contributed by atoms with E-state index in [4.69, 9.17) is 0 Å². The van der Waals surface area contributed by atoms with E-state index >= 15 is 0 Å². The van der Waals surface area contributed by atoms with Crippen molar-refractivity contribution in [3.8, 4) is 10.6 Å². The summed E-state index contributed by atoms with van der Waals surface area (Å²) in [5, 5.41) is 12.2. The summed E-state index contributed by atoms with van der Waals surface area (Å²) >= 11 is 3.05. The minimum atomic E-state index is -0.251. The van der Waals surface area contributed by atoms with Gasteiger partial charge in [0.25, 0.3) is 5.91 Å². The van der Waals surface area contributed by atoms with Gasteiger partial charge >= 0.3 is 0 Å². The molecule has 1 aromatic carbocycles. The first-order valence-corrected chi connectivity index (χ1v) is 10.0.